The SMILES string of the molecule is COC(=O)c1cn(-c2ccc(-c3ccc(CO)o3)c(Cl)c2)cc2c(=O)[nH]nc1-2. The number of aromatic amines is 1. The fourth-order valence-corrected chi connectivity index (χ4v) is 3.18. The fourth-order valence-electron chi connectivity index (χ4n) is 2.92. The molecule has 2 aromatic rings. The van der Waals surface area contributed by atoms with E-state index < -0.39 is 11.5 Å². The second kappa shape index (κ2) is 6.99. The Kier molecular flexibility index (Phi) is 4.50. The number of methoxy groups -OCH3 is 1. The molecule has 2 N–H and O–H groups in total. The van der Waals surface area contributed by atoms with Crippen molar-refractivity contribution in [1.82, 2.24) is 14.8 Å². The Balaban J connectivity index is 1.83. The highest BCUT2D eigenvalue weighted by Gasteiger charge is 2.22. The standard InChI is InChI=1S/C19H14ClN3O5/c1-27-19(26)14-8-23(7-13-17(14)21-22-18(13)25)10-2-4-12(15(20)6-10)16-5-3-11(9-24)28-16/h2-8,24H,9H2,1H3,(H,22,25). The van der Waals surface area contributed by atoms with Crippen molar-refractivity contribution >= 4 is 17.6 Å². The van der Waals surface area contributed by atoms with Gasteiger partial charge in [0.2, 0.25) is 0 Å². The molecule has 142 valence electrons. The molecule has 0 spiro atoms. The highest BCUT2D eigenvalue weighted by Crippen LogP contribution is 2.32. The lowest BCUT2D eigenvalue weighted by molar-refractivity contribution is 0.0600. The van der Waals surface area contributed by atoms with Gasteiger partial charge < -0.3 is 18.8 Å². The highest BCUT2D eigenvalue weighted by atomic mass is 35.5. The summed E-state index contributed by atoms with van der Waals surface area (Å²) in [4.78, 5) is 24.1. The van der Waals surface area contributed by atoms with Gasteiger partial charge >= 0.3 is 5.97 Å². The molecule has 9 heteroatoms. The van der Waals surface area contributed by atoms with Crippen LogP contribution in [-0.4, -0.2) is 33.0 Å². The molecule has 0 unspecified atom stereocenters. The number of nitrogens with one attached hydrogen (secondary N) is 1. The Morgan fingerprint density at radius 3 is 2.79 bits per heavy atom. The number of rotatable bonds is 4. The van der Waals surface area contributed by atoms with Crippen molar-refractivity contribution < 1.29 is 19.1 Å². The van der Waals surface area contributed by atoms with Gasteiger partial charge in [-0.2, -0.15) is 5.10 Å². The van der Waals surface area contributed by atoms with Gasteiger partial charge in [-0.25, -0.2) is 9.89 Å². The van der Waals surface area contributed by atoms with Crippen LogP contribution in [-0.2, 0) is 11.3 Å². The van der Waals surface area contributed by atoms with Crippen molar-refractivity contribution in [3.63, 3.8) is 0 Å². The summed E-state index contributed by atoms with van der Waals surface area (Å²) in [6, 6.07) is 8.57. The number of aromatic nitrogens is 3. The van der Waals surface area contributed by atoms with Gasteiger partial charge in [0.25, 0.3) is 5.56 Å². The number of halogens is 1. The maximum atomic E-state index is 12.1. The van der Waals surface area contributed by atoms with Gasteiger partial charge in [-0.1, -0.05) is 11.6 Å². The van der Waals surface area contributed by atoms with Gasteiger partial charge in [-0.3, -0.25) is 4.79 Å². The number of hydrogen-bond donors (Lipinski definition) is 2. The summed E-state index contributed by atoms with van der Waals surface area (Å²) in [5.74, 6) is 0.342. The number of carbonyl (C=O) groups excluding carboxylic acids is 1. The number of ether oxygens (including phenoxy) is 1. The molecular weight excluding hydrogens is 386 g/mol. The Morgan fingerprint density at radius 2 is 2.11 bits per heavy atom. The minimum Gasteiger partial charge on any atom is -0.465 e. The summed E-state index contributed by atoms with van der Waals surface area (Å²) in [5, 5.41) is 15.8. The van der Waals surface area contributed by atoms with Gasteiger partial charge in [-0.15, -0.1) is 0 Å². The van der Waals surface area contributed by atoms with Crippen LogP contribution in [0, 0.1) is 0 Å². The van der Waals surface area contributed by atoms with Crippen LogP contribution >= 0.6 is 11.6 Å². The van der Waals surface area contributed by atoms with Crippen LogP contribution in [0.15, 0.2) is 51.9 Å². The molecule has 28 heavy (non-hydrogen) atoms. The van der Waals surface area contributed by atoms with Crippen LogP contribution < -0.4 is 5.56 Å². The number of fused-ring (bicyclic) bond motifs is 1. The second-order valence-corrected chi connectivity index (χ2v) is 6.38. The number of furan rings is 1. The van der Waals surface area contributed by atoms with Crippen molar-refractivity contribution in [2.45, 2.75) is 6.61 Å². The van der Waals surface area contributed by atoms with E-state index in [1.165, 1.54) is 13.3 Å². The van der Waals surface area contributed by atoms with Gasteiger partial charge in [0.1, 0.15) is 29.4 Å². The van der Waals surface area contributed by atoms with Crippen molar-refractivity contribution in [2.24, 2.45) is 0 Å². The number of aliphatic hydroxyl groups excluding tert-OH is 1. The maximum absolute atomic E-state index is 12.1. The number of nitrogens with zero attached hydrogens (tertiary/aromatic N) is 2. The smallest absolute Gasteiger partial charge is 0.341 e. The lowest BCUT2D eigenvalue weighted by Crippen LogP contribution is -2.11. The molecule has 0 fully saturated rings. The summed E-state index contributed by atoms with van der Waals surface area (Å²) in [7, 11) is 1.26. The average Bonchev–Trinajstić information content (AvgIpc) is 3.33. The molecular formula is C19H14ClN3O5. The third-order valence-electron chi connectivity index (χ3n) is 4.30. The average molecular weight is 400 g/mol. The van der Waals surface area contributed by atoms with Crippen molar-refractivity contribution in [1.29, 1.82) is 0 Å². The summed E-state index contributed by atoms with van der Waals surface area (Å²) >= 11 is 6.42. The summed E-state index contributed by atoms with van der Waals surface area (Å²) < 4.78 is 11.9. The predicted octanol–water partition coefficient (Wildman–Crippen LogP) is 2.86. The molecule has 0 amide bonds. The van der Waals surface area contributed by atoms with E-state index in [-0.39, 0.29) is 23.4 Å². The zero-order chi connectivity index (χ0) is 19.8. The molecule has 1 aromatic carbocycles. The molecule has 1 aromatic heterocycles. The first-order valence-corrected chi connectivity index (χ1v) is 8.58. The molecule has 0 bridgehead atoms. The molecule has 0 saturated carbocycles. The normalized spacial score (nSPS) is 11.1. The highest BCUT2D eigenvalue weighted by molar-refractivity contribution is 6.33. The minimum atomic E-state index is -0.610. The van der Waals surface area contributed by atoms with E-state index in [9.17, 15) is 9.59 Å². The largest absolute Gasteiger partial charge is 0.465 e. The molecule has 0 radical (unpaired) electrons. The van der Waals surface area contributed by atoms with Crippen LogP contribution in [0.1, 0.15) is 16.1 Å². The zero-order valence-corrected chi connectivity index (χ0v) is 15.4. The molecule has 2 aliphatic rings. The maximum Gasteiger partial charge on any atom is 0.341 e. The topological polar surface area (TPSA) is 110 Å². The van der Waals surface area contributed by atoms with Crippen molar-refractivity contribution in [3.05, 3.63) is 69.4 Å². The van der Waals surface area contributed by atoms with E-state index in [0.29, 0.717) is 27.8 Å². The Hall–Kier alpha value is -3.36. The van der Waals surface area contributed by atoms with E-state index in [1.807, 2.05) is 0 Å². The lowest BCUT2D eigenvalue weighted by Gasteiger charge is -2.13. The summed E-state index contributed by atoms with van der Waals surface area (Å²) in [6.07, 6.45) is 3.09. The first kappa shape index (κ1) is 18.0. The van der Waals surface area contributed by atoms with Crippen molar-refractivity contribution in [2.75, 3.05) is 7.11 Å². The van der Waals surface area contributed by atoms with E-state index >= 15 is 0 Å². The number of esters is 1. The van der Waals surface area contributed by atoms with Gasteiger partial charge in [-0.05, 0) is 30.3 Å². The van der Waals surface area contributed by atoms with Crippen LogP contribution in [0.4, 0.5) is 0 Å². The summed E-state index contributed by atoms with van der Waals surface area (Å²) in [5.41, 5.74) is 1.49. The quantitative estimate of drug-likeness (QED) is 0.510. The van der Waals surface area contributed by atoms with E-state index in [1.54, 1.807) is 41.1 Å². The predicted molar refractivity (Wildman–Crippen MR) is 101 cm³/mol. The van der Waals surface area contributed by atoms with E-state index in [4.69, 9.17) is 25.9 Å². The van der Waals surface area contributed by atoms with Crippen LogP contribution in [0.25, 0.3) is 28.3 Å². The molecule has 4 rings (SSSR count). The molecule has 0 aliphatic carbocycles. The third kappa shape index (κ3) is 2.98. The number of benzene rings is 1. The second-order valence-electron chi connectivity index (χ2n) is 5.97. The van der Waals surface area contributed by atoms with Crippen molar-refractivity contribution in [3.8, 4) is 28.3 Å². The summed E-state index contributed by atoms with van der Waals surface area (Å²) in [6.45, 7) is -0.204. The first-order valence-electron chi connectivity index (χ1n) is 8.20. The number of pyridine rings is 1. The number of aliphatic hydroxyl groups is 1. The molecule has 0 saturated heterocycles. The molecule has 0 atom stereocenters. The van der Waals surface area contributed by atoms with E-state index in [0.717, 1.165) is 0 Å². The number of carbonyl (C=O) groups is 1. The number of H-pyrrole nitrogens is 1. The lowest BCUT2D eigenvalue weighted by atomic mass is 10.1. The van der Waals surface area contributed by atoms with E-state index in [2.05, 4.69) is 10.2 Å². The van der Waals surface area contributed by atoms with Gasteiger partial charge in [0.05, 0.1) is 17.7 Å². The van der Waals surface area contributed by atoms with Crippen LogP contribution in [0.2, 0.25) is 5.02 Å². The number of hydrogen-bond acceptors (Lipinski definition) is 6. The first-order chi connectivity index (χ1) is 13.5. The Morgan fingerprint density at radius 1 is 1.29 bits per heavy atom. The third-order valence-corrected chi connectivity index (χ3v) is 4.61. The van der Waals surface area contributed by atoms with Crippen LogP contribution in [0.3, 0.4) is 0 Å². The molecule has 3 heterocycles. The minimum absolute atomic E-state index is 0.150. The van der Waals surface area contributed by atoms with Gasteiger partial charge in [0.15, 0.2) is 0 Å². The Labute approximate surface area is 163 Å². The zero-order valence-electron chi connectivity index (χ0n) is 14.6. The van der Waals surface area contributed by atoms with Crippen LogP contribution in [0.5, 0.6) is 0 Å². The monoisotopic (exact) mass is 399 g/mol. The molecule has 2 aliphatic heterocycles. The fraction of sp³-hybridized carbons (Fsp3) is 0.105. The Bertz CT molecular complexity index is 1210. The molecule has 8 nitrogen and oxygen atoms in total. The van der Waals surface area contributed by atoms with Gasteiger partial charge in [0, 0.05) is 23.6 Å².